The highest BCUT2D eigenvalue weighted by Gasteiger charge is 2.36. The lowest BCUT2D eigenvalue weighted by atomic mass is 10.1. The zero-order valence-corrected chi connectivity index (χ0v) is 35.8. The van der Waals surface area contributed by atoms with Crippen LogP contribution in [0.2, 0.25) is 0 Å². The maximum atomic E-state index is 12.8. The topological polar surface area (TPSA) is 177 Å². The molecular weight excluding hydrogens is 912 g/mol. The van der Waals surface area contributed by atoms with Gasteiger partial charge in [0.25, 0.3) is 11.5 Å². The van der Waals surface area contributed by atoms with Crippen LogP contribution >= 0.6 is 58.9 Å². The molecule has 2 saturated heterocycles. The van der Waals surface area contributed by atoms with Gasteiger partial charge in [-0.05, 0) is 73.2 Å². The minimum Gasteiger partial charge on any atom is -0.445 e. The van der Waals surface area contributed by atoms with Crippen LogP contribution in [0.1, 0.15) is 66.5 Å². The molecule has 4 amide bonds. The number of nitrogens with one attached hydrogen (secondary N) is 2. The number of carbonyl (C=O) groups excluding carboxylic acids is 4. The van der Waals surface area contributed by atoms with Gasteiger partial charge in [0, 0.05) is 22.0 Å². The largest absolute Gasteiger partial charge is 0.445 e. The summed E-state index contributed by atoms with van der Waals surface area (Å²) in [4.78, 5) is 72.3. The molecule has 3 heterocycles. The number of halogens is 2. The van der Waals surface area contributed by atoms with Crippen LogP contribution in [0.15, 0.2) is 111 Å². The van der Waals surface area contributed by atoms with Crippen molar-refractivity contribution in [1.29, 1.82) is 0 Å². The number of hydrogen-bond acceptors (Lipinski definition) is 8. The first-order chi connectivity index (χ1) is 26.6. The molecule has 0 bridgehead atoms. The Morgan fingerprint density at radius 3 is 1.95 bits per heavy atom. The smallest absolute Gasteiger partial charge is 0.410 e. The van der Waals surface area contributed by atoms with Crippen LogP contribution in [0, 0.1) is 0 Å². The lowest BCUT2D eigenvalue weighted by Gasteiger charge is -2.23. The molecule has 0 saturated carbocycles. The van der Waals surface area contributed by atoms with Gasteiger partial charge in [0.1, 0.15) is 25.1 Å². The summed E-state index contributed by atoms with van der Waals surface area (Å²) < 4.78 is 12.4. The fraction of sp³-hybridized carbons (Fsp3) is 0.268. The maximum absolute atomic E-state index is 12.8. The molecule has 0 unspecified atom stereocenters. The van der Waals surface area contributed by atoms with E-state index in [1.807, 2.05) is 66.7 Å². The quantitative estimate of drug-likeness (QED) is 0.139. The van der Waals surface area contributed by atoms with Crippen molar-refractivity contribution in [2.75, 3.05) is 18.4 Å². The molecule has 17 heteroatoms. The average Bonchev–Trinajstić information content (AvgIpc) is 3.88. The Kier molecular flexibility index (Phi) is 18.3. The number of aromatic nitrogens is 2. The Hall–Kier alpha value is -4.84. The summed E-state index contributed by atoms with van der Waals surface area (Å²) in [5.41, 5.74) is 8.09. The Balaban J connectivity index is 0.000000295. The standard InChI is InChI=1S/C20H20BrN3O4.C20H18BrN3O3.CH4.2H2S/c21-14-8-9-15(18(22)25)16(11-14)23-19(26)17-7-4-10-24(17)20(27)28-12-13-5-2-1-3-6-13;21-14-8-9-15-16(11-14)22-18(23-19(15)25)17-7-4-10-24(17)20(26)27-12-13-5-2-1-3-6-13;;;/h1-3,5-6,8-9,11,17H,4,7,10,12H2,(H2,22,25)(H,23,26);1-3,5-6,8-9,11,17H,4,7,10,12H2,(H,22,23,25);1H4;2*1H2/t2*17-;;;/m00.../s1. The van der Waals surface area contributed by atoms with Gasteiger partial charge in [-0.25, -0.2) is 14.6 Å². The number of likely N-dealkylation sites (tertiary alicyclic amines) is 2. The number of hydrogen-bond donors (Lipinski definition) is 3. The van der Waals surface area contributed by atoms with Gasteiger partial charge in [0.2, 0.25) is 5.91 Å². The Labute approximate surface area is 367 Å². The number of carbonyl (C=O) groups is 4. The summed E-state index contributed by atoms with van der Waals surface area (Å²) in [5, 5.41) is 3.24. The minimum absolute atomic E-state index is 0. The molecule has 1 aromatic heterocycles. The van der Waals surface area contributed by atoms with Gasteiger partial charge >= 0.3 is 12.2 Å². The van der Waals surface area contributed by atoms with E-state index >= 15 is 0 Å². The van der Waals surface area contributed by atoms with E-state index in [2.05, 4.69) is 47.1 Å². The second-order valence-electron chi connectivity index (χ2n) is 12.9. The average molecular weight is 959 g/mol. The third-order valence-electron chi connectivity index (χ3n) is 9.20. The highest BCUT2D eigenvalue weighted by molar-refractivity contribution is 9.10. The summed E-state index contributed by atoms with van der Waals surface area (Å²) in [7, 11) is 0. The van der Waals surface area contributed by atoms with Crippen LogP contribution < -0.4 is 16.6 Å². The predicted molar refractivity (Wildman–Crippen MR) is 241 cm³/mol. The first kappa shape index (κ1) is 47.5. The Morgan fingerprint density at radius 1 is 0.776 bits per heavy atom. The number of rotatable bonds is 8. The highest BCUT2D eigenvalue weighted by Crippen LogP contribution is 2.31. The van der Waals surface area contributed by atoms with Gasteiger partial charge < -0.3 is 25.5 Å². The molecule has 7 rings (SSSR count). The number of benzene rings is 4. The number of H-pyrrole nitrogens is 1. The van der Waals surface area contributed by atoms with Crippen molar-refractivity contribution in [1.82, 2.24) is 19.8 Å². The van der Waals surface area contributed by atoms with E-state index in [-0.39, 0.29) is 70.7 Å². The van der Waals surface area contributed by atoms with E-state index in [9.17, 15) is 24.0 Å². The zero-order chi connectivity index (χ0) is 38.9. The third-order valence-corrected chi connectivity index (χ3v) is 10.2. The molecule has 4 aromatic carbocycles. The van der Waals surface area contributed by atoms with Gasteiger partial charge in [-0.2, -0.15) is 27.0 Å². The highest BCUT2D eigenvalue weighted by atomic mass is 79.9. The van der Waals surface area contributed by atoms with Crippen molar-refractivity contribution in [2.24, 2.45) is 5.73 Å². The summed E-state index contributed by atoms with van der Waals surface area (Å²) in [6.45, 7) is 1.38. The predicted octanol–water partition coefficient (Wildman–Crippen LogP) is 8.31. The van der Waals surface area contributed by atoms with Crippen LogP contribution in [0.5, 0.6) is 0 Å². The zero-order valence-electron chi connectivity index (χ0n) is 30.6. The molecule has 5 aromatic rings. The van der Waals surface area contributed by atoms with E-state index in [0.717, 1.165) is 28.4 Å². The third kappa shape index (κ3) is 12.1. The van der Waals surface area contributed by atoms with E-state index in [1.54, 1.807) is 29.2 Å². The van der Waals surface area contributed by atoms with Crippen molar-refractivity contribution < 1.29 is 28.7 Å². The number of aromatic amines is 1. The molecule has 0 spiro atoms. The molecular formula is C41H46Br2N6O7S2. The van der Waals surface area contributed by atoms with Crippen LogP contribution in [0.4, 0.5) is 15.3 Å². The van der Waals surface area contributed by atoms with Crippen LogP contribution in [0.25, 0.3) is 10.9 Å². The second-order valence-corrected chi connectivity index (χ2v) is 14.8. The van der Waals surface area contributed by atoms with Gasteiger partial charge in [-0.15, -0.1) is 0 Å². The molecule has 2 aliphatic heterocycles. The van der Waals surface area contributed by atoms with Crippen molar-refractivity contribution >= 4 is 99.4 Å². The first-order valence-electron chi connectivity index (χ1n) is 17.6. The molecule has 0 radical (unpaired) electrons. The van der Waals surface area contributed by atoms with Crippen molar-refractivity contribution in [2.45, 2.75) is 58.4 Å². The number of ether oxygens (including phenoxy) is 2. The summed E-state index contributed by atoms with van der Waals surface area (Å²) in [5.74, 6) is -0.525. The maximum Gasteiger partial charge on any atom is 0.410 e. The first-order valence-corrected chi connectivity index (χ1v) is 19.2. The number of fused-ring (bicyclic) bond motifs is 1. The van der Waals surface area contributed by atoms with E-state index < -0.39 is 24.1 Å². The summed E-state index contributed by atoms with van der Waals surface area (Å²) in [6, 6.07) is 28.1. The molecule has 0 aliphatic carbocycles. The number of nitrogens with two attached hydrogens (primary N) is 1. The normalized spacial score (nSPS) is 15.4. The van der Waals surface area contributed by atoms with Gasteiger partial charge in [-0.1, -0.05) is 100.0 Å². The van der Waals surface area contributed by atoms with Crippen molar-refractivity contribution in [3.8, 4) is 0 Å². The molecule has 308 valence electrons. The molecule has 13 nitrogen and oxygen atoms in total. The van der Waals surface area contributed by atoms with E-state index in [1.165, 1.54) is 11.0 Å². The number of amides is 4. The lowest BCUT2D eigenvalue weighted by Crippen LogP contribution is -2.43. The molecule has 2 atom stereocenters. The Bertz CT molecular complexity index is 2250. The fourth-order valence-corrected chi connectivity index (χ4v) is 7.18. The van der Waals surface area contributed by atoms with Crippen LogP contribution in [0.3, 0.4) is 0 Å². The second kappa shape index (κ2) is 22.3. The van der Waals surface area contributed by atoms with E-state index in [4.69, 9.17) is 15.2 Å². The Morgan fingerprint density at radius 2 is 1.33 bits per heavy atom. The molecule has 58 heavy (non-hydrogen) atoms. The van der Waals surface area contributed by atoms with Crippen LogP contribution in [-0.4, -0.2) is 62.9 Å². The monoisotopic (exact) mass is 956 g/mol. The van der Waals surface area contributed by atoms with E-state index in [0.29, 0.717) is 52.8 Å². The number of anilines is 1. The summed E-state index contributed by atoms with van der Waals surface area (Å²) >= 11 is 6.71. The molecule has 4 N–H and O–H groups in total. The molecule has 2 aliphatic rings. The number of nitrogens with zero attached hydrogens (tertiary/aromatic N) is 3. The fourth-order valence-electron chi connectivity index (χ4n) is 6.47. The van der Waals surface area contributed by atoms with Gasteiger partial charge in [-0.3, -0.25) is 24.2 Å². The molecule has 2 fully saturated rings. The lowest BCUT2D eigenvalue weighted by molar-refractivity contribution is -0.120. The minimum atomic E-state index is -0.664. The number of primary amides is 1. The van der Waals surface area contributed by atoms with Crippen molar-refractivity contribution in [3.63, 3.8) is 0 Å². The van der Waals surface area contributed by atoms with Gasteiger partial charge in [0.05, 0.1) is 28.2 Å². The SMILES string of the molecule is C.NC(=O)c1ccc(Br)cc1NC(=O)[C@@H]1CCCN1C(=O)OCc1ccccc1.O=C(OCc1ccccc1)N1CCC[C@H]1c1nc2cc(Br)ccc2c(=O)[nH]1.S.S. The van der Waals surface area contributed by atoms with Gasteiger partial charge in [0.15, 0.2) is 0 Å². The van der Waals surface area contributed by atoms with Crippen molar-refractivity contribution in [3.05, 3.63) is 139 Å². The summed E-state index contributed by atoms with van der Waals surface area (Å²) in [6.07, 6.45) is 1.87. The van der Waals surface area contributed by atoms with Crippen LogP contribution in [-0.2, 0) is 27.5 Å².